The number of halogens is 1. The molecule has 0 saturated carbocycles. The average molecular weight is 198 g/mol. The first-order valence-electron chi connectivity index (χ1n) is 4.19. The minimum atomic E-state index is -0.705. The van der Waals surface area contributed by atoms with Crippen LogP contribution in [0.15, 0.2) is 18.2 Å². The number of rotatable bonds is 3. The van der Waals surface area contributed by atoms with Gasteiger partial charge in [-0.3, -0.25) is 0 Å². The topological polar surface area (TPSA) is 35.5 Å². The van der Waals surface area contributed by atoms with Crippen molar-refractivity contribution in [3.8, 4) is 5.75 Å². The number of hydrogen-bond acceptors (Lipinski definition) is 3. The second-order valence-corrected chi connectivity index (χ2v) is 2.57. The van der Waals surface area contributed by atoms with E-state index in [0.717, 1.165) is 0 Å². The zero-order valence-corrected chi connectivity index (χ0v) is 8.04. The lowest BCUT2D eigenvalue weighted by molar-refractivity contribution is 0.0595. The first-order chi connectivity index (χ1) is 6.69. The summed E-state index contributed by atoms with van der Waals surface area (Å²) in [6.07, 6.45) is 0. The van der Waals surface area contributed by atoms with Crippen molar-refractivity contribution in [2.75, 3.05) is 13.7 Å². The molecule has 3 nitrogen and oxygen atoms in total. The molecule has 14 heavy (non-hydrogen) atoms. The van der Waals surface area contributed by atoms with E-state index in [9.17, 15) is 9.18 Å². The SMILES string of the molecule is CCOc1ccc(F)c(C(=O)OC)c1. The highest BCUT2D eigenvalue weighted by Crippen LogP contribution is 2.17. The minimum Gasteiger partial charge on any atom is -0.494 e. The van der Waals surface area contributed by atoms with Gasteiger partial charge in [0.1, 0.15) is 11.6 Å². The molecule has 0 saturated heterocycles. The highest BCUT2D eigenvalue weighted by molar-refractivity contribution is 5.90. The highest BCUT2D eigenvalue weighted by Gasteiger charge is 2.12. The van der Waals surface area contributed by atoms with Crippen molar-refractivity contribution in [1.82, 2.24) is 0 Å². The van der Waals surface area contributed by atoms with Crippen molar-refractivity contribution in [1.29, 1.82) is 0 Å². The lowest BCUT2D eigenvalue weighted by Gasteiger charge is -2.05. The summed E-state index contributed by atoms with van der Waals surface area (Å²) in [6.45, 7) is 2.27. The van der Waals surface area contributed by atoms with E-state index >= 15 is 0 Å². The molecule has 0 amide bonds. The molecule has 0 aliphatic rings. The molecular weight excluding hydrogens is 187 g/mol. The number of hydrogen-bond donors (Lipinski definition) is 0. The Kier molecular flexibility index (Phi) is 3.45. The maximum atomic E-state index is 13.1. The summed E-state index contributed by atoms with van der Waals surface area (Å²) in [5, 5.41) is 0. The Hall–Kier alpha value is -1.58. The van der Waals surface area contributed by atoms with E-state index in [0.29, 0.717) is 12.4 Å². The number of esters is 1. The predicted octanol–water partition coefficient (Wildman–Crippen LogP) is 2.01. The van der Waals surface area contributed by atoms with Crippen molar-refractivity contribution in [3.63, 3.8) is 0 Å². The molecule has 1 rings (SSSR count). The van der Waals surface area contributed by atoms with Crippen molar-refractivity contribution in [2.45, 2.75) is 6.92 Å². The van der Waals surface area contributed by atoms with E-state index in [1.54, 1.807) is 6.92 Å². The molecule has 0 fully saturated rings. The molecule has 0 N–H and O–H groups in total. The third-order valence-corrected chi connectivity index (χ3v) is 1.65. The predicted molar refractivity (Wildman–Crippen MR) is 48.9 cm³/mol. The Morgan fingerprint density at radius 1 is 1.50 bits per heavy atom. The van der Waals surface area contributed by atoms with Gasteiger partial charge in [-0.25, -0.2) is 9.18 Å². The quantitative estimate of drug-likeness (QED) is 0.697. The van der Waals surface area contributed by atoms with E-state index < -0.39 is 11.8 Å². The highest BCUT2D eigenvalue weighted by atomic mass is 19.1. The zero-order valence-electron chi connectivity index (χ0n) is 8.04. The third-order valence-electron chi connectivity index (χ3n) is 1.65. The monoisotopic (exact) mass is 198 g/mol. The van der Waals surface area contributed by atoms with Gasteiger partial charge < -0.3 is 9.47 Å². The van der Waals surface area contributed by atoms with Crippen LogP contribution < -0.4 is 4.74 Å². The van der Waals surface area contributed by atoms with Gasteiger partial charge in [0.15, 0.2) is 0 Å². The lowest BCUT2D eigenvalue weighted by atomic mass is 10.2. The molecule has 0 heterocycles. The fourth-order valence-corrected chi connectivity index (χ4v) is 1.03. The normalized spacial score (nSPS) is 9.64. The number of carbonyl (C=O) groups is 1. The summed E-state index contributed by atoms with van der Waals surface area (Å²) < 4.78 is 22.6. The fraction of sp³-hybridized carbons (Fsp3) is 0.300. The molecule has 0 aromatic heterocycles. The smallest absolute Gasteiger partial charge is 0.340 e. The summed E-state index contributed by atoms with van der Waals surface area (Å²) >= 11 is 0. The number of methoxy groups -OCH3 is 1. The Morgan fingerprint density at radius 3 is 2.79 bits per heavy atom. The standard InChI is InChI=1S/C10H11FO3/c1-3-14-7-4-5-9(11)8(6-7)10(12)13-2/h4-6H,3H2,1-2H3. The largest absolute Gasteiger partial charge is 0.494 e. The number of carbonyl (C=O) groups excluding carboxylic acids is 1. The Labute approximate surface area is 81.4 Å². The number of benzene rings is 1. The van der Waals surface area contributed by atoms with Crippen molar-refractivity contribution < 1.29 is 18.7 Å². The molecule has 76 valence electrons. The summed E-state index contributed by atoms with van der Waals surface area (Å²) in [4.78, 5) is 11.1. The molecule has 0 bridgehead atoms. The van der Waals surface area contributed by atoms with E-state index in [1.807, 2.05) is 0 Å². The van der Waals surface area contributed by atoms with Gasteiger partial charge in [-0.2, -0.15) is 0 Å². The fourth-order valence-electron chi connectivity index (χ4n) is 1.03. The Balaban J connectivity index is 3.01. The van der Waals surface area contributed by atoms with Crippen LogP contribution in [0.1, 0.15) is 17.3 Å². The summed E-state index contributed by atoms with van der Waals surface area (Å²) in [6, 6.07) is 3.97. The average Bonchev–Trinajstić information content (AvgIpc) is 2.20. The number of ether oxygens (including phenoxy) is 2. The van der Waals surface area contributed by atoms with E-state index in [1.165, 1.54) is 25.3 Å². The maximum absolute atomic E-state index is 13.1. The van der Waals surface area contributed by atoms with Crippen molar-refractivity contribution >= 4 is 5.97 Å². The molecule has 0 aliphatic heterocycles. The zero-order chi connectivity index (χ0) is 10.6. The maximum Gasteiger partial charge on any atom is 0.340 e. The van der Waals surface area contributed by atoms with Crippen LogP contribution in [0, 0.1) is 5.82 Å². The van der Waals surface area contributed by atoms with Gasteiger partial charge >= 0.3 is 5.97 Å². The van der Waals surface area contributed by atoms with Crippen LogP contribution in [-0.2, 0) is 4.74 Å². The Morgan fingerprint density at radius 2 is 2.21 bits per heavy atom. The molecule has 0 spiro atoms. The van der Waals surface area contributed by atoms with Gasteiger partial charge in [-0.1, -0.05) is 0 Å². The van der Waals surface area contributed by atoms with Crippen LogP contribution in [0.4, 0.5) is 4.39 Å². The van der Waals surface area contributed by atoms with Crippen LogP contribution >= 0.6 is 0 Å². The first kappa shape index (κ1) is 10.5. The molecule has 0 aliphatic carbocycles. The van der Waals surface area contributed by atoms with Gasteiger partial charge in [0.2, 0.25) is 0 Å². The minimum absolute atomic E-state index is 0.113. The van der Waals surface area contributed by atoms with Gasteiger partial charge in [-0.05, 0) is 25.1 Å². The van der Waals surface area contributed by atoms with Crippen LogP contribution in [-0.4, -0.2) is 19.7 Å². The molecule has 1 aromatic rings. The van der Waals surface area contributed by atoms with Crippen LogP contribution in [0.2, 0.25) is 0 Å². The van der Waals surface area contributed by atoms with E-state index in [-0.39, 0.29) is 5.56 Å². The van der Waals surface area contributed by atoms with Crippen LogP contribution in [0.25, 0.3) is 0 Å². The van der Waals surface area contributed by atoms with E-state index in [4.69, 9.17) is 4.74 Å². The van der Waals surface area contributed by atoms with Crippen molar-refractivity contribution in [3.05, 3.63) is 29.6 Å². The molecular formula is C10H11FO3. The molecule has 0 atom stereocenters. The first-order valence-corrected chi connectivity index (χ1v) is 4.19. The van der Waals surface area contributed by atoms with Crippen LogP contribution in [0.3, 0.4) is 0 Å². The van der Waals surface area contributed by atoms with Gasteiger partial charge in [0.05, 0.1) is 19.3 Å². The van der Waals surface area contributed by atoms with Gasteiger partial charge in [-0.15, -0.1) is 0 Å². The third kappa shape index (κ3) is 2.22. The summed E-state index contributed by atoms with van der Waals surface area (Å²) in [7, 11) is 1.20. The van der Waals surface area contributed by atoms with Crippen LogP contribution in [0.5, 0.6) is 5.75 Å². The summed E-state index contributed by atoms with van der Waals surface area (Å²) in [5.74, 6) is -0.862. The van der Waals surface area contributed by atoms with Gasteiger partial charge in [0, 0.05) is 0 Å². The lowest BCUT2D eigenvalue weighted by Crippen LogP contribution is -2.05. The molecule has 4 heteroatoms. The summed E-state index contributed by atoms with van der Waals surface area (Å²) in [5.41, 5.74) is -0.113. The molecule has 0 radical (unpaired) electrons. The molecule has 0 unspecified atom stereocenters. The van der Waals surface area contributed by atoms with Crippen molar-refractivity contribution in [2.24, 2.45) is 0 Å². The van der Waals surface area contributed by atoms with Gasteiger partial charge in [0.25, 0.3) is 0 Å². The second kappa shape index (κ2) is 4.60. The second-order valence-electron chi connectivity index (χ2n) is 2.57. The van der Waals surface area contributed by atoms with E-state index in [2.05, 4.69) is 4.74 Å². The Bertz CT molecular complexity index is 336. The molecule has 1 aromatic carbocycles.